The molecule has 4 nitrogen and oxygen atoms in total. The summed E-state index contributed by atoms with van der Waals surface area (Å²) in [6, 6.07) is 0. The van der Waals surface area contributed by atoms with Crippen LogP contribution in [0.2, 0.25) is 0 Å². The summed E-state index contributed by atoms with van der Waals surface area (Å²) in [4.78, 5) is 24.9. The second kappa shape index (κ2) is 11.5. The van der Waals surface area contributed by atoms with Crippen LogP contribution < -0.4 is 0 Å². The van der Waals surface area contributed by atoms with Gasteiger partial charge in [0, 0.05) is 19.0 Å². The Bertz CT molecular complexity index is 309. The number of allylic oxidation sites excluding steroid dienone is 2. The van der Waals surface area contributed by atoms with Crippen LogP contribution in [-0.2, 0) is 9.59 Å². The molecule has 0 aliphatic heterocycles. The van der Waals surface area contributed by atoms with Gasteiger partial charge in [-0.1, -0.05) is 31.9 Å². The number of unbranched alkanes of at least 4 members (excludes halogenated alkanes) is 2. The summed E-state index contributed by atoms with van der Waals surface area (Å²) in [5.41, 5.74) is 0. The van der Waals surface area contributed by atoms with E-state index in [-0.39, 0.29) is 12.3 Å². The van der Waals surface area contributed by atoms with Gasteiger partial charge >= 0.3 is 5.97 Å². The molecule has 1 N–H and O–H groups in total. The van der Waals surface area contributed by atoms with Crippen molar-refractivity contribution in [2.45, 2.75) is 59.3 Å². The minimum atomic E-state index is -0.898. The van der Waals surface area contributed by atoms with Crippen molar-refractivity contribution in [1.82, 2.24) is 4.90 Å². The van der Waals surface area contributed by atoms with Crippen LogP contribution >= 0.6 is 0 Å². The van der Waals surface area contributed by atoms with E-state index in [1.807, 2.05) is 13.8 Å². The van der Waals surface area contributed by atoms with Crippen molar-refractivity contribution in [3.63, 3.8) is 0 Å². The second-order valence-corrected chi connectivity index (χ2v) is 5.00. The molecular formula is C16H29NO3. The third-order valence-electron chi connectivity index (χ3n) is 3.42. The molecule has 0 aliphatic carbocycles. The highest BCUT2D eigenvalue weighted by Gasteiger charge is 2.24. The van der Waals surface area contributed by atoms with E-state index in [1.165, 1.54) is 12.8 Å². The summed E-state index contributed by atoms with van der Waals surface area (Å²) in [5.74, 6) is -1.33. The first kappa shape index (κ1) is 18.7. The molecular weight excluding hydrogens is 254 g/mol. The molecule has 0 aromatic rings. The standard InChI is InChI=1S/C16H29NO3/c1-4-7-8-9-10-11-12-14(13-15(18)19)16(20)17(5-2)6-3/h9-10,14H,4-8,11-13H2,1-3H3,(H,18,19)/b10-9+. The van der Waals surface area contributed by atoms with Crippen molar-refractivity contribution in [3.8, 4) is 0 Å². The van der Waals surface area contributed by atoms with E-state index in [1.54, 1.807) is 4.90 Å². The Morgan fingerprint density at radius 2 is 1.70 bits per heavy atom. The van der Waals surface area contributed by atoms with Gasteiger partial charge in [0.25, 0.3) is 0 Å². The second-order valence-electron chi connectivity index (χ2n) is 5.00. The number of hydrogen-bond donors (Lipinski definition) is 1. The first-order valence-corrected chi connectivity index (χ1v) is 7.72. The minimum absolute atomic E-state index is 0.0284. The number of rotatable bonds is 11. The molecule has 1 atom stereocenters. The summed E-state index contributed by atoms with van der Waals surface area (Å²) in [6.07, 6.45) is 8.92. The lowest BCUT2D eigenvalue weighted by molar-refractivity contribution is -0.144. The maximum Gasteiger partial charge on any atom is 0.304 e. The van der Waals surface area contributed by atoms with Gasteiger partial charge in [0.2, 0.25) is 5.91 Å². The van der Waals surface area contributed by atoms with Gasteiger partial charge in [-0.2, -0.15) is 0 Å². The maximum atomic E-state index is 12.2. The third kappa shape index (κ3) is 7.97. The highest BCUT2D eigenvalue weighted by Crippen LogP contribution is 2.16. The number of carboxylic acid groups (broad SMARTS) is 1. The van der Waals surface area contributed by atoms with Crippen LogP contribution in [0, 0.1) is 5.92 Å². The van der Waals surface area contributed by atoms with Crippen LogP contribution in [-0.4, -0.2) is 35.0 Å². The summed E-state index contributed by atoms with van der Waals surface area (Å²) < 4.78 is 0. The average Bonchev–Trinajstić information content (AvgIpc) is 2.42. The lowest BCUT2D eigenvalue weighted by Crippen LogP contribution is -2.36. The Balaban J connectivity index is 4.38. The van der Waals surface area contributed by atoms with Gasteiger partial charge in [-0.15, -0.1) is 0 Å². The number of carboxylic acids is 1. The monoisotopic (exact) mass is 283 g/mol. The molecule has 0 rings (SSSR count). The lowest BCUT2D eigenvalue weighted by atomic mass is 9.97. The van der Waals surface area contributed by atoms with E-state index < -0.39 is 11.9 Å². The first-order chi connectivity index (χ1) is 9.56. The van der Waals surface area contributed by atoms with Crippen molar-refractivity contribution < 1.29 is 14.7 Å². The van der Waals surface area contributed by atoms with Crippen LogP contribution in [0.3, 0.4) is 0 Å². The SMILES string of the molecule is CCCC/C=C/CCC(CC(=O)O)C(=O)N(CC)CC. The largest absolute Gasteiger partial charge is 0.481 e. The molecule has 0 radical (unpaired) electrons. The van der Waals surface area contributed by atoms with E-state index >= 15 is 0 Å². The molecule has 0 fully saturated rings. The van der Waals surface area contributed by atoms with Crippen molar-refractivity contribution in [3.05, 3.63) is 12.2 Å². The number of amides is 1. The summed E-state index contributed by atoms with van der Waals surface area (Å²) in [7, 11) is 0. The van der Waals surface area contributed by atoms with Crippen LogP contribution in [0.4, 0.5) is 0 Å². The van der Waals surface area contributed by atoms with Gasteiger partial charge in [0.05, 0.1) is 6.42 Å². The fourth-order valence-electron chi connectivity index (χ4n) is 2.17. The van der Waals surface area contributed by atoms with Gasteiger partial charge in [0.1, 0.15) is 0 Å². The zero-order valence-electron chi connectivity index (χ0n) is 13.1. The predicted molar refractivity (Wildman–Crippen MR) is 81.6 cm³/mol. The van der Waals surface area contributed by atoms with Crippen LogP contribution in [0.1, 0.15) is 59.3 Å². The highest BCUT2D eigenvalue weighted by atomic mass is 16.4. The van der Waals surface area contributed by atoms with Crippen LogP contribution in [0.15, 0.2) is 12.2 Å². The molecule has 4 heteroatoms. The number of carbonyl (C=O) groups is 2. The van der Waals surface area contributed by atoms with Gasteiger partial charge in [0.15, 0.2) is 0 Å². The quantitative estimate of drug-likeness (QED) is 0.466. The molecule has 20 heavy (non-hydrogen) atoms. The molecule has 1 unspecified atom stereocenters. The minimum Gasteiger partial charge on any atom is -0.481 e. The maximum absolute atomic E-state index is 12.2. The van der Waals surface area contributed by atoms with Gasteiger partial charge in [-0.25, -0.2) is 0 Å². The molecule has 0 saturated carbocycles. The molecule has 0 bridgehead atoms. The van der Waals surface area contributed by atoms with Crippen molar-refractivity contribution in [2.75, 3.05) is 13.1 Å². The topological polar surface area (TPSA) is 57.6 Å². The Kier molecular flexibility index (Phi) is 10.7. The molecule has 0 heterocycles. The predicted octanol–water partition coefficient (Wildman–Crippen LogP) is 3.47. The van der Waals surface area contributed by atoms with Crippen molar-refractivity contribution >= 4 is 11.9 Å². The van der Waals surface area contributed by atoms with E-state index in [0.717, 1.165) is 12.8 Å². The van der Waals surface area contributed by atoms with Crippen molar-refractivity contribution in [1.29, 1.82) is 0 Å². The molecule has 116 valence electrons. The summed E-state index contributed by atoms with van der Waals surface area (Å²) >= 11 is 0. The smallest absolute Gasteiger partial charge is 0.304 e. The normalized spacial score (nSPS) is 12.6. The zero-order valence-corrected chi connectivity index (χ0v) is 13.1. The summed E-state index contributed by atoms with van der Waals surface area (Å²) in [6.45, 7) is 7.27. The first-order valence-electron chi connectivity index (χ1n) is 7.72. The van der Waals surface area contributed by atoms with E-state index in [4.69, 9.17) is 5.11 Å². The van der Waals surface area contributed by atoms with Gasteiger partial charge < -0.3 is 10.0 Å². The van der Waals surface area contributed by atoms with Gasteiger partial charge in [-0.3, -0.25) is 9.59 Å². The molecule has 0 aromatic carbocycles. The Morgan fingerprint density at radius 1 is 1.10 bits per heavy atom. The average molecular weight is 283 g/mol. The van der Waals surface area contributed by atoms with E-state index in [2.05, 4.69) is 19.1 Å². The zero-order chi connectivity index (χ0) is 15.4. The molecule has 0 aromatic heterocycles. The van der Waals surface area contributed by atoms with Crippen molar-refractivity contribution in [2.24, 2.45) is 5.92 Å². The van der Waals surface area contributed by atoms with E-state index in [9.17, 15) is 9.59 Å². The van der Waals surface area contributed by atoms with Crippen LogP contribution in [0.5, 0.6) is 0 Å². The molecule has 1 amide bonds. The number of aliphatic carboxylic acids is 1. The van der Waals surface area contributed by atoms with Crippen LogP contribution in [0.25, 0.3) is 0 Å². The van der Waals surface area contributed by atoms with Gasteiger partial charge in [-0.05, 0) is 33.1 Å². The highest BCUT2D eigenvalue weighted by molar-refractivity contribution is 5.83. The molecule has 0 spiro atoms. The summed E-state index contributed by atoms with van der Waals surface area (Å²) in [5, 5.41) is 8.94. The fourth-order valence-corrected chi connectivity index (χ4v) is 2.17. The number of carbonyl (C=O) groups excluding carboxylic acids is 1. The third-order valence-corrected chi connectivity index (χ3v) is 3.42. The molecule has 0 saturated heterocycles. The Morgan fingerprint density at radius 3 is 2.20 bits per heavy atom. The Hall–Kier alpha value is -1.32. The Labute approximate surface area is 122 Å². The number of nitrogens with zero attached hydrogens (tertiary/aromatic N) is 1. The number of hydrogen-bond acceptors (Lipinski definition) is 2. The van der Waals surface area contributed by atoms with E-state index in [0.29, 0.717) is 19.5 Å². The lowest BCUT2D eigenvalue weighted by Gasteiger charge is -2.24. The fraction of sp³-hybridized carbons (Fsp3) is 0.750. The molecule has 0 aliphatic rings.